The maximum Gasteiger partial charge on any atom is 0.239 e. The Hall–Kier alpha value is -2.32. The molecular formula is C21H32N4O4. The number of likely N-dealkylation sites (N-methyl/N-ethyl adjacent to an activating group) is 1. The van der Waals surface area contributed by atoms with E-state index in [1.54, 1.807) is 14.2 Å². The van der Waals surface area contributed by atoms with Gasteiger partial charge >= 0.3 is 0 Å². The van der Waals surface area contributed by atoms with Crippen LogP contribution in [-0.4, -0.2) is 99.1 Å². The van der Waals surface area contributed by atoms with E-state index in [1.165, 1.54) is 4.90 Å². The van der Waals surface area contributed by atoms with Gasteiger partial charge in [-0.3, -0.25) is 19.4 Å². The first-order valence-electron chi connectivity index (χ1n) is 10.3. The molecule has 2 amide bonds. The molecule has 8 heteroatoms. The summed E-state index contributed by atoms with van der Waals surface area (Å²) in [6.07, 6.45) is 2.11. The minimum atomic E-state index is -0.0648. The van der Waals surface area contributed by atoms with Crippen LogP contribution in [0.5, 0.6) is 11.5 Å². The first-order valence-corrected chi connectivity index (χ1v) is 10.3. The van der Waals surface area contributed by atoms with Crippen LogP contribution in [0.3, 0.4) is 0 Å². The summed E-state index contributed by atoms with van der Waals surface area (Å²) >= 11 is 0. The summed E-state index contributed by atoms with van der Waals surface area (Å²) in [5.41, 5.74) is 0. The first kappa shape index (κ1) is 21.4. The molecule has 1 aromatic rings. The third-order valence-corrected chi connectivity index (χ3v) is 5.31. The number of benzene rings is 1. The molecule has 0 aromatic heterocycles. The lowest BCUT2D eigenvalue weighted by Gasteiger charge is -2.34. The number of rotatable bonds is 10. The highest BCUT2D eigenvalue weighted by Gasteiger charge is 2.25. The van der Waals surface area contributed by atoms with Crippen LogP contribution in [0.1, 0.15) is 12.8 Å². The number of nitrogens with one attached hydrogen (secondary N) is 1. The summed E-state index contributed by atoms with van der Waals surface area (Å²) in [5, 5.41) is 2.91. The van der Waals surface area contributed by atoms with Gasteiger partial charge in [0.25, 0.3) is 0 Å². The molecule has 1 saturated carbocycles. The summed E-state index contributed by atoms with van der Waals surface area (Å²) in [5.74, 6) is 1.58. The number of carbonyl (C=O) groups excluding carboxylic acids is 2. The molecule has 1 N–H and O–H groups in total. The molecule has 1 heterocycles. The lowest BCUT2D eigenvalue weighted by molar-refractivity contribution is -0.136. The van der Waals surface area contributed by atoms with E-state index in [0.717, 1.165) is 57.1 Å². The molecule has 2 aliphatic rings. The molecule has 2 fully saturated rings. The predicted octanol–water partition coefficient (Wildman–Crippen LogP) is 0.429. The van der Waals surface area contributed by atoms with Crippen molar-refractivity contribution in [2.24, 2.45) is 0 Å². The average Bonchev–Trinajstić information content (AvgIpc) is 3.53. The number of amides is 2. The molecule has 1 saturated heterocycles. The molecule has 0 unspecified atom stereocenters. The maximum atomic E-state index is 12.4. The minimum absolute atomic E-state index is 0.00719. The first-order chi connectivity index (χ1) is 14.0. The summed E-state index contributed by atoms with van der Waals surface area (Å²) in [7, 11) is 3.34. The molecule has 0 atom stereocenters. The van der Waals surface area contributed by atoms with Crippen LogP contribution < -0.4 is 14.8 Å². The average molecular weight is 405 g/mol. The van der Waals surface area contributed by atoms with Gasteiger partial charge in [-0.05, 0) is 37.1 Å². The van der Waals surface area contributed by atoms with Gasteiger partial charge in [0.1, 0.15) is 18.1 Å². The third-order valence-electron chi connectivity index (χ3n) is 5.31. The summed E-state index contributed by atoms with van der Waals surface area (Å²) in [4.78, 5) is 30.2. The van der Waals surface area contributed by atoms with Crippen molar-refractivity contribution in [3.63, 3.8) is 0 Å². The lowest BCUT2D eigenvalue weighted by atomic mass is 10.3. The molecular weight excluding hydrogens is 372 g/mol. The van der Waals surface area contributed by atoms with Crippen molar-refractivity contribution >= 4 is 11.8 Å². The number of hydrogen-bond acceptors (Lipinski definition) is 6. The zero-order valence-corrected chi connectivity index (χ0v) is 17.4. The van der Waals surface area contributed by atoms with E-state index in [0.29, 0.717) is 19.2 Å². The Morgan fingerprint density at radius 3 is 2.31 bits per heavy atom. The number of nitrogens with zero attached hydrogens (tertiary/aromatic N) is 3. The molecule has 160 valence electrons. The van der Waals surface area contributed by atoms with Gasteiger partial charge in [-0.15, -0.1) is 0 Å². The van der Waals surface area contributed by atoms with Gasteiger partial charge in [-0.25, -0.2) is 0 Å². The smallest absolute Gasteiger partial charge is 0.239 e. The number of methoxy groups -OCH3 is 1. The fourth-order valence-electron chi connectivity index (χ4n) is 3.25. The number of hydrogen-bond donors (Lipinski definition) is 1. The Morgan fingerprint density at radius 2 is 1.69 bits per heavy atom. The number of piperazine rings is 1. The molecule has 0 radical (unpaired) electrons. The fourth-order valence-corrected chi connectivity index (χ4v) is 3.25. The van der Waals surface area contributed by atoms with E-state index in [4.69, 9.17) is 9.47 Å². The Balaban J connectivity index is 1.29. The van der Waals surface area contributed by atoms with E-state index in [2.05, 4.69) is 15.1 Å². The molecule has 1 aromatic carbocycles. The molecule has 1 aliphatic carbocycles. The fraction of sp³-hybridized carbons (Fsp3) is 0.619. The highest BCUT2D eigenvalue weighted by atomic mass is 16.5. The van der Waals surface area contributed by atoms with Crippen molar-refractivity contribution in [2.45, 2.75) is 18.9 Å². The number of ether oxygens (including phenoxy) is 2. The molecule has 29 heavy (non-hydrogen) atoms. The van der Waals surface area contributed by atoms with E-state index >= 15 is 0 Å². The van der Waals surface area contributed by atoms with E-state index in [-0.39, 0.29) is 18.4 Å². The SMILES string of the molecule is COc1ccc(OCCN2CCN(CC(=O)N(C)CC(=O)NC3CC3)CC2)cc1. The largest absolute Gasteiger partial charge is 0.497 e. The Bertz CT molecular complexity index is 670. The minimum Gasteiger partial charge on any atom is -0.497 e. The van der Waals surface area contributed by atoms with Gasteiger partial charge in [0.05, 0.1) is 20.2 Å². The molecule has 0 bridgehead atoms. The van der Waals surface area contributed by atoms with Gasteiger partial charge in [-0.1, -0.05) is 0 Å². The van der Waals surface area contributed by atoms with Crippen LogP contribution in [0.25, 0.3) is 0 Å². The maximum absolute atomic E-state index is 12.4. The summed E-state index contributed by atoms with van der Waals surface area (Å²) in [6.45, 7) is 5.49. The second-order valence-corrected chi connectivity index (χ2v) is 7.73. The molecule has 0 spiro atoms. The highest BCUT2D eigenvalue weighted by molar-refractivity contribution is 5.85. The molecule has 3 rings (SSSR count). The topological polar surface area (TPSA) is 74.4 Å². The zero-order chi connectivity index (χ0) is 20.6. The normalized spacial score (nSPS) is 17.6. The van der Waals surface area contributed by atoms with E-state index < -0.39 is 0 Å². The van der Waals surface area contributed by atoms with Crippen molar-refractivity contribution in [2.75, 3.05) is 66.6 Å². The van der Waals surface area contributed by atoms with Crippen LogP contribution in [0.4, 0.5) is 0 Å². The standard InChI is InChI=1S/C21H32N4O4/c1-23(15-20(26)22-17-3-4-17)21(27)16-25-11-9-24(10-12-25)13-14-29-19-7-5-18(28-2)6-8-19/h5-8,17H,3-4,9-16H2,1-2H3,(H,22,26). The van der Waals surface area contributed by atoms with Crippen LogP contribution >= 0.6 is 0 Å². The van der Waals surface area contributed by atoms with Crippen LogP contribution in [0, 0.1) is 0 Å². The summed E-state index contributed by atoms with van der Waals surface area (Å²) < 4.78 is 10.9. The Kier molecular flexibility index (Phi) is 7.71. The Labute approximate surface area is 172 Å². The van der Waals surface area contributed by atoms with Crippen molar-refractivity contribution in [1.29, 1.82) is 0 Å². The highest BCUT2D eigenvalue weighted by Crippen LogP contribution is 2.18. The van der Waals surface area contributed by atoms with Gasteiger partial charge < -0.3 is 19.7 Å². The van der Waals surface area contributed by atoms with Crippen molar-refractivity contribution < 1.29 is 19.1 Å². The van der Waals surface area contributed by atoms with Gasteiger partial charge in [0.15, 0.2) is 0 Å². The van der Waals surface area contributed by atoms with Crippen molar-refractivity contribution in [3.8, 4) is 11.5 Å². The second-order valence-electron chi connectivity index (χ2n) is 7.73. The van der Waals surface area contributed by atoms with E-state index in [9.17, 15) is 9.59 Å². The second kappa shape index (κ2) is 10.5. The number of carbonyl (C=O) groups is 2. The summed E-state index contributed by atoms with van der Waals surface area (Å²) in [6, 6.07) is 7.91. The van der Waals surface area contributed by atoms with Crippen molar-refractivity contribution in [1.82, 2.24) is 20.0 Å². The van der Waals surface area contributed by atoms with Crippen LogP contribution in [0.15, 0.2) is 24.3 Å². The quantitative estimate of drug-likeness (QED) is 0.610. The Morgan fingerprint density at radius 1 is 1.07 bits per heavy atom. The van der Waals surface area contributed by atoms with Crippen molar-refractivity contribution in [3.05, 3.63) is 24.3 Å². The van der Waals surface area contributed by atoms with Crippen LogP contribution in [0.2, 0.25) is 0 Å². The molecule has 8 nitrogen and oxygen atoms in total. The molecule has 1 aliphatic heterocycles. The van der Waals surface area contributed by atoms with Gasteiger partial charge in [0, 0.05) is 45.8 Å². The third kappa shape index (κ3) is 7.21. The van der Waals surface area contributed by atoms with Crippen LogP contribution in [-0.2, 0) is 9.59 Å². The monoisotopic (exact) mass is 404 g/mol. The zero-order valence-electron chi connectivity index (χ0n) is 17.4. The van der Waals surface area contributed by atoms with Gasteiger partial charge in [-0.2, -0.15) is 0 Å². The lowest BCUT2D eigenvalue weighted by Crippen LogP contribution is -2.51. The van der Waals surface area contributed by atoms with E-state index in [1.807, 2.05) is 24.3 Å². The van der Waals surface area contributed by atoms with Gasteiger partial charge in [0.2, 0.25) is 11.8 Å². The predicted molar refractivity (Wildman–Crippen MR) is 110 cm³/mol.